The molecule has 0 bridgehead atoms. The van der Waals surface area contributed by atoms with Crippen LogP contribution >= 0.6 is 11.3 Å². The van der Waals surface area contributed by atoms with E-state index in [-0.39, 0.29) is 0 Å². The number of carbonyl (C=O) groups excluding carboxylic acids is 2. The fourth-order valence-corrected chi connectivity index (χ4v) is 3.45. The Kier molecular flexibility index (Phi) is 5.23. The van der Waals surface area contributed by atoms with Gasteiger partial charge >= 0.3 is 5.97 Å². The molecule has 0 aliphatic carbocycles. The molecule has 0 fully saturated rings. The molecule has 1 aromatic heterocycles. The van der Waals surface area contributed by atoms with Crippen LogP contribution in [0.2, 0.25) is 0 Å². The molecule has 0 saturated carbocycles. The number of benzene rings is 2. The molecule has 2 aromatic carbocycles. The maximum atomic E-state index is 12.4. The van der Waals surface area contributed by atoms with Crippen LogP contribution in [-0.2, 0) is 9.53 Å². The molecule has 134 valence electrons. The highest BCUT2D eigenvalue weighted by molar-refractivity contribution is 7.20. The Morgan fingerprint density at radius 3 is 2.62 bits per heavy atom. The summed E-state index contributed by atoms with van der Waals surface area (Å²) in [6, 6.07) is 14.9. The maximum Gasteiger partial charge on any atom is 0.349 e. The lowest BCUT2D eigenvalue weighted by atomic mass is 10.2. The van der Waals surface area contributed by atoms with Gasteiger partial charge in [-0.05, 0) is 49.1 Å². The summed E-state index contributed by atoms with van der Waals surface area (Å²) in [5, 5.41) is 3.73. The van der Waals surface area contributed by atoms with Gasteiger partial charge in [0.05, 0.1) is 12.8 Å². The Labute approximate surface area is 155 Å². The van der Waals surface area contributed by atoms with E-state index in [0.29, 0.717) is 16.3 Å². The number of fused-ring (bicyclic) bond motifs is 1. The standard InChI is InChI=1S/C20H19NO4S/c1-12-8-9-16(24-3)15(10-12)21-19(22)13(2)25-20(23)18-11-14-6-4-5-7-17(14)26-18/h4-11,13H,1-3H3,(H,21,22)/t13-/m0/s1. The van der Waals surface area contributed by atoms with Crippen molar-refractivity contribution in [3.63, 3.8) is 0 Å². The third-order valence-corrected chi connectivity index (χ3v) is 4.99. The van der Waals surface area contributed by atoms with E-state index in [9.17, 15) is 9.59 Å². The first-order chi connectivity index (χ1) is 12.5. The van der Waals surface area contributed by atoms with Crippen molar-refractivity contribution in [1.82, 2.24) is 0 Å². The Hall–Kier alpha value is -2.86. The van der Waals surface area contributed by atoms with Gasteiger partial charge in [-0.1, -0.05) is 24.3 Å². The first kappa shape index (κ1) is 17.9. The molecule has 3 rings (SSSR count). The summed E-state index contributed by atoms with van der Waals surface area (Å²) in [7, 11) is 1.53. The lowest BCUT2D eigenvalue weighted by molar-refractivity contribution is -0.123. The zero-order valence-corrected chi connectivity index (χ0v) is 15.6. The van der Waals surface area contributed by atoms with Gasteiger partial charge in [0.25, 0.3) is 5.91 Å². The van der Waals surface area contributed by atoms with Crippen LogP contribution in [0.5, 0.6) is 5.75 Å². The first-order valence-electron chi connectivity index (χ1n) is 8.13. The molecule has 6 heteroatoms. The van der Waals surface area contributed by atoms with E-state index in [1.165, 1.54) is 18.4 Å². The molecule has 3 aromatic rings. The van der Waals surface area contributed by atoms with E-state index < -0.39 is 18.0 Å². The fourth-order valence-electron chi connectivity index (χ4n) is 2.51. The normalized spacial score (nSPS) is 11.8. The highest BCUT2D eigenvalue weighted by atomic mass is 32.1. The number of hydrogen-bond donors (Lipinski definition) is 1. The first-order valence-corrected chi connectivity index (χ1v) is 8.94. The van der Waals surface area contributed by atoms with Crippen LogP contribution in [0.4, 0.5) is 5.69 Å². The van der Waals surface area contributed by atoms with E-state index in [2.05, 4.69) is 5.32 Å². The molecule has 0 radical (unpaired) electrons. The fraction of sp³-hybridized carbons (Fsp3) is 0.200. The summed E-state index contributed by atoms with van der Waals surface area (Å²) in [6.45, 7) is 3.46. The second-order valence-corrected chi connectivity index (χ2v) is 6.97. The van der Waals surface area contributed by atoms with Crippen LogP contribution in [-0.4, -0.2) is 25.1 Å². The summed E-state index contributed by atoms with van der Waals surface area (Å²) in [6.07, 6.45) is -0.932. The van der Waals surface area contributed by atoms with Crippen molar-refractivity contribution in [3.05, 3.63) is 59.0 Å². The molecule has 26 heavy (non-hydrogen) atoms. The van der Waals surface area contributed by atoms with Crippen LogP contribution in [0, 0.1) is 6.92 Å². The van der Waals surface area contributed by atoms with Crippen molar-refractivity contribution < 1.29 is 19.1 Å². The quantitative estimate of drug-likeness (QED) is 0.677. The Bertz CT molecular complexity index is 930. The Morgan fingerprint density at radius 1 is 1.12 bits per heavy atom. The van der Waals surface area contributed by atoms with Gasteiger partial charge in [-0.3, -0.25) is 4.79 Å². The predicted octanol–water partition coefficient (Wildman–Crippen LogP) is 4.40. The minimum atomic E-state index is -0.932. The molecular weight excluding hydrogens is 350 g/mol. The molecule has 0 unspecified atom stereocenters. The van der Waals surface area contributed by atoms with E-state index in [1.807, 2.05) is 37.3 Å². The molecule has 0 aliphatic heterocycles. The number of ether oxygens (including phenoxy) is 2. The van der Waals surface area contributed by atoms with Crippen molar-refractivity contribution in [2.75, 3.05) is 12.4 Å². The van der Waals surface area contributed by atoms with Crippen molar-refractivity contribution in [3.8, 4) is 5.75 Å². The van der Waals surface area contributed by atoms with Crippen LogP contribution in [0.1, 0.15) is 22.2 Å². The molecule has 1 heterocycles. The highest BCUT2D eigenvalue weighted by Gasteiger charge is 2.21. The topological polar surface area (TPSA) is 64.6 Å². The number of anilines is 1. The zero-order chi connectivity index (χ0) is 18.7. The minimum Gasteiger partial charge on any atom is -0.495 e. The van der Waals surface area contributed by atoms with Gasteiger partial charge in [0, 0.05) is 4.70 Å². The van der Waals surface area contributed by atoms with Gasteiger partial charge in [-0.2, -0.15) is 0 Å². The number of carbonyl (C=O) groups is 2. The third kappa shape index (κ3) is 3.86. The van der Waals surface area contributed by atoms with E-state index in [0.717, 1.165) is 15.6 Å². The molecule has 5 nitrogen and oxygen atoms in total. The number of rotatable bonds is 5. The van der Waals surface area contributed by atoms with Crippen molar-refractivity contribution in [2.24, 2.45) is 0 Å². The van der Waals surface area contributed by atoms with E-state index >= 15 is 0 Å². The molecule has 0 aliphatic rings. The van der Waals surface area contributed by atoms with Gasteiger partial charge < -0.3 is 14.8 Å². The van der Waals surface area contributed by atoms with Gasteiger partial charge in [0.2, 0.25) is 0 Å². The summed E-state index contributed by atoms with van der Waals surface area (Å²) in [5.74, 6) is -0.375. The average molecular weight is 369 g/mol. The number of amides is 1. The van der Waals surface area contributed by atoms with Crippen LogP contribution in [0.15, 0.2) is 48.5 Å². The molecule has 0 spiro atoms. The van der Waals surface area contributed by atoms with Crippen LogP contribution in [0.25, 0.3) is 10.1 Å². The lowest BCUT2D eigenvalue weighted by Crippen LogP contribution is -2.30. The summed E-state index contributed by atoms with van der Waals surface area (Å²) < 4.78 is 11.6. The summed E-state index contributed by atoms with van der Waals surface area (Å²) >= 11 is 1.34. The number of esters is 1. The largest absolute Gasteiger partial charge is 0.495 e. The SMILES string of the molecule is COc1ccc(C)cc1NC(=O)[C@H](C)OC(=O)c1cc2ccccc2s1. The predicted molar refractivity (Wildman–Crippen MR) is 103 cm³/mol. The average Bonchev–Trinajstić information content (AvgIpc) is 3.06. The minimum absolute atomic E-state index is 0.414. The molecule has 1 atom stereocenters. The second kappa shape index (κ2) is 7.58. The van der Waals surface area contributed by atoms with E-state index in [4.69, 9.17) is 9.47 Å². The Morgan fingerprint density at radius 2 is 1.88 bits per heavy atom. The van der Waals surface area contributed by atoms with Crippen molar-refractivity contribution in [2.45, 2.75) is 20.0 Å². The molecular formula is C20H19NO4S. The van der Waals surface area contributed by atoms with Crippen LogP contribution < -0.4 is 10.1 Å². The number of methoxy groups -OCH3 is 1. The smallest absolute Gasteiger partial charge is 0.349 e. The molecule has 0 saturated heterocycles. The number of nitrogens with one attached hydrogen (secondary N) is 1. The molecule has 1 amide bonds. The summed E-state index contributed by atoms with van der Waals surface area (Å²) in [4.78, 5) is 25.2. The monoisotopic (exact) mass is 369 g/mol. The van der Waals surface area contributed by atoms with Gasteiger partial charge in [-0.15, -0.1) is 11.3 Å². The van der Waals surface area contributed by atoms with Crippen LogP contribution in [0.3, 0.4) is 0 Å². The van der Waals surface area contributed by atoms with Gasteiger partial charge in [-0.25, -0.2) is 4.79 Å². The third-order valence-electron chi connectivity index (χ3n) is 3.89. The molecule has 1 N–H and O–H groups in total. The maximum absolute atomic E-state index is 12.4. The van der Waals surface area contributed by atoms with Crippen molar-refractivity contribution in [1.29, 1.82) is 0 Å². The van der Waals surface area contributed by atoms with Gasteiger partial charge in [0.15, 0.2) is 6.10 Å². The summed E-state index contributed by atoms with van der Waals surface area (Å²) in [5.41, 5.74) is 1.53. The zero-order valence-electron chi connectivity index (χ0n) is 14.7. The van der Waals surface area contributed by atoms with Gasteiger partial charge in [0.1, 0.15) is 10.6 Å². The highest BCUT2D eigenvalue weighted by Crippen LogP contribution is 2.27. The number of aryl methyl sites for hydroxylation is 1. The van der Waals surface area contributed by atoms with Crippen molar-refractivity contribution >= 4 is 39.0 Å². The lowest BCUT2D eigenvalue weighted by Gasteiger charge is -2.15. The van der Waals surface area contributed by atoms with E-state index in [1.54, 1.807) is 25.1 Å². The Balaban J connectivity index is 1.69. The second-order valence-electron chi connectivity index (χ2n) is 5.89. The number of hydrogen-bond acceptors (Lipinski definition) is 5. The number of thiophene rings is 1.